The second-order valence-electron chi connectivity index (χ2n) is 6.53. The van der Waals surface area contributed by atoms with Gasteiger partial charge >= 0.3 is 0 Å². The molecule has 0 aliphatic carbocycles. The smallest absolute Gasteiger partial charge is 0.220 e. The molecule has 1 aliphatic heterocycles. The number of pyridine rings is 1. The van der Waals surface area contributed by atoms with Crippen molar-refractivity contribution in [2.75, 3.05) is 13.1 Å². The summed E-state index contributed by atoms with van der Waals surface area (Å²) in [5.41, 5.74) is 1.14. The van der Waals surface area contributed by atoms with E-state index in [1.54, 1.807) is 18.7 Å². The van der Waals surface area contributed by atoms with Gasteiger partial charge < -0.3 is 15.0 Å². The first-order valence-electron chi connectivity index (χ1n) is 8.75. The fourth-order valence-corrected chi connectivity index (χ4v) is 3.18. The van der Waals surface area contributed by atoms with E-state index >= 15 is 0 Å². The molecule has 2 atom stereocenters. The van der Waals surface area contributed by atoms with Gasteiger partial charge in [-0.2, -0.15) is 0 Å². The summed E-state index contributed by atoms with van der Waals surface area (Å²) in [6.07, 6.45) is 10.4. The number of hydrogen-bond acceptors (Lipinski definition) is 5. The molecule has 0 radical (unpaired) electrons. The van der Waals surface area contributed by atoms with E-state index in [0.29, 0.717) is 13.0 Å². The van der Waals surface area contributed by atoms with Crippen LogP contribution in [0.2, 0.25) is 0 Å². The minimum absolute atomic E-state index is 0.00451. The molecule has 0 unspecified atom stereocenters. The number of piperidine rings is 1. The average molecular weight is 343 g/mol. The largest absolute Gasteiger partial charge is 0.390 e. The second kappa shape index (κ2) is 8.73. The Hall–Kier alpha value is -2.25. The SMILES string of the molecule is O=C(CCCn1ccnc1)N[C@@H]1CCN(Cc2cccnc2)C[C@H]1O. The van der Waals surface area contributed by atoms with Gasteiger partial charge in [0, 0.05) is 57.4 Å². The molecule has 7 heteroatoms. The molecule has 0 bridgehead atoms. The van der Waals surface area contributed by atoms with Gasteiger partial charge in [-0.25, -0.2) is 4.98 Å². The van der Waals surface area contributed by atoms with Crippen LogP contribution in [0.3, 0.4) is 0 Å². The maximum absolute atomic E-state index is 12.1. The van der Waals surface area contributed by atoms with Gasteiger partial charge in [0.05, 0.1) is 18.5 Å². The van der Waals surface area contributed by atoms with Gasteiger partial charge in [-0.05, 0) is 24.5 Å². The van der Waals surface area contributed by atoms with Gasteiger partial charge in [-0.15, -0.1) is 0 Å². The lowest BCUT2D eigenvalue weighted by atomic mass is 10.0. The quantitative estimate of drug-likeness (QED) is 0.777. The highest BCUT2D eigenvalue weighted by atomic mass is 16.3. The molecule has 134 valence electrons. The highest BCUT2D eigenvalue weighted by Crippen LogP contribution is 2.14. The maximum atomic E-state index is 12.1. The van der Waals surface area contributed by atoms with Crippen molar-refractivity contribution in [2.45, 2.75) is 44.5 Å². The molecule has 25 heavy (non-hydrogen) atoms. The maximum Gasteiger partial charge on any atom is 0.220 e. The lowest BCUT2D eigenvalue weighted by Gasteiger charge is -2.36. The zero-order chi connectivity index (χ0) is 17.5. The van der Waals surface area contributed by atoms with Crippen LogP contribution in [-0.4, -0.2) is 55.7 Å². The number of aliphatic hydroxyl groups is 1. The van der Waals surface area contributed by atoms with Crippen LogP contribution in [-0.2, 0) is 17.9 Å². The molecule has 2 aromatic heterocycles. The van der Waals surface area contributed by atoms with Crippen molar-refractivity contribution < 1.29 is 9.90 Å². The summed E-state index contributed by atoms with van der Waals surface area (Å²) in [7, 11) is 0. The summed E-state index contributed by atoms with van der Waals surface area (Å²) >= 11 is 0. The summed E-state index contributed by atoms with van der Waals surface area (Å²) in [4.78, 5) is 22.4. The number of imidazole rings is 1. The van der Waals surface area contributed by atoms with Crippen molar-refractivity contribution in [1.82, 2.24) is 24.8 Å². The Morgan fingerprint density at radius 3 is 3.00 bits per heavy atom. The summed E-state index contributed by atoms with van der Waals surface area (Å²) in [5.74, 6) is 0.00451. The topological polar surface area (TPSA) is 83.3 Å². The third-order valence-corrected chi connectivity index (χ3v) is 4.52. The Morgan fingerprint density at radius 2 is 2.28 bits per heavy atom. The number of carbonyl (C=O) groups is 1. The number of aliphatic hydroxyl groups excluding tert-OH is 1. The van der Waals surface area contributed by atoms with E-state index in [0.717, 1.165) is 38.0 Å². The Labute approximate surface area is 147 Å². The van der Waals surface area contributed by atoms with Crippen LogP contribution in [0.1, 0.15) is 24.8 Å². The standard InChI is InChI=1S/C18H25N5O2/c24-17-13-23(12-15-3-1-6-19-11-15)9-5-16(17)21-18(25)4-2-8-22-10-7-20-14-22/h1,3,6-7,10-11,14,16-17,24H,2,4-5,8-9,12-13H2,(H,21,25)/t16-,17-/m1/s1. The Balaban J connectivity index is 1.38. The van der Waals surface area contributed by atoms with E-state index in [-0.39, 0.29) is 11.9 Å². The highest BCUT2D eigenvalue weighted by molar-refractivity contribution is 5.76. The van der Waals surface area contributed by atoms with Gasteiger partial charge in [0.2, 0.25) is 5.91 Å². The van der Waals surface area contributed by atoms with Gasteiger partial charge in [0.15, 0.2) is 0 Å². The molecule has 7 nitrogen and oxygen atoms in total. The van der Waals surface area contributed by atoms with Gasteiger partial charge in [0.25, 0.3) is 0 Å². The number of β-amino-alcohol motifs (C(OH)–C–C–N with tert-alkyl or cyclic N) is 1. The van der Waals surface area contributed by atoms with Crippen molar-refractivity contribution in [3.63, 3.8) is 0 Å². The first kappa shape index (κ1) is 17.6. The molecule has 0 saturated carbocycles. The molecular formula is C18H25N5O2. The molecular weight excluding hydrogens is 318 g/mol. The second-order valence-corrected chi connectivity index (χ2v) is 6.53. The number of rotatable bonds is 7. The van der Waals surface area contributed by atoms with E-state index < -0.39 is 6.10 Å². The first-order chi connectivity index (χ1) is 12.2. The van der Waals surface area contributed by atoms with Crippen molar-refractivity contribution in [3.8, 4) is 0 Å². The predicted octanol–water partition coefficient (Wildman–Crippen LogP) is 0.810. The number of nitrogens with one attached hydrogen (secondary N) is 1. The molecule has 2 aromatic rings. The third-order valence-electron chi connectivity index (χ3n) is 4.52. The molecule has 0 spiro atoms. The number of nitrogens with zero attached hydrogens (tertiary/aromatic N) is 4. The van der Waals surface area contributed by atoms with Crippen LogP contribution < -0.4 is 5.32 Å². The van der Waals surface area contributed by atoms with E-state index in [4.69, 9.17) is 0 Å². The average Bonchev–Trinajstić information content (AvgIpc) is 3.12. The van der Waals surface area contributed by atoms with Crippen molar-refractivity contribution in [2.24, 2.45) is 0 Å². The third kappa shape index (κ3) is 5.37. The lowest BCUT2D eigenvalue weighted by Crippen LogP contribution is -2.53. The minimum Gasteiger partial charge on any atom is -0.390 e. The molecule has 3 rings (SSSR count). The fourth-order valence-electron chi connectivity index (χ4n) is 3.18. The van der Waals surface area contributed by atoms with Crippen molar-refractivity contribution in [3.05, 3.63) is 48.8 Å². The number of carbonyl (C=O) groups excluding carboxylic acids is 1. The van der Waals surface area contributed by atoms with Crippen LogP contribution in [0.5, 0.6) is 0 Å². The van der Waals surface area contributed by atoms with Crippen LogP contribution in [0.15, 0.2) is 43.2 Å². The molecule has 1 fully saturated rings. The highest BCUT2D eigenvalue weighted by Gasteiger charge is 2.28. The number of aryl methyl sites for hydroxylation is 1. The molecule has 3 heterocycles. The molecule has 1 saturated heterocycles. The summed E-state index contributed by atoms with van der Waals surface area (Å²) in [6.45, 7) is 2.97. The molecule has 2 N–H and O–H groups in total. The van der Waals surface area contributed by atoms with Gasteiger partial charge in [0.1, 0.15) is 0 Å². The van der Waals surface area contributed by atoms with Crippen LogP contribution in [0, 0.1) is 0 Å². The van der Waals surface area contributed by atoms with Gasteiger partial charge in [-0.1, -0.05) is 6.07 Å². The number of amides is 1. The summed E-state index contributed by atoms with van der Waals surface area (Å²) < 4.78 is 1.96. The summed E-state index contributed by atoms with van der Waals surface area (Å²) in [5, 5.41) is 13.3. The monoisotopic (exact) mass is 343 g/mol. The Morgan fingerprint density at radius 1 is 1.36 bits per heavy atom. The Kier molecular flexibility index (Phi) is 6.14. The normalized spacial score (nSPS) is 21.2. The van der Waals surface area contributed by atoms with E-state index in [9.17, 15) is 9.90 Å². The Bertz CT molecular complexity index is 647. The van der Waals surface area contributed by atoms with Gasteiger partial charge in [-0.3, -0.25) is 14.7 Å². The predicted molar refractivity (Wildman–Crippen MR) is 93.5 cm³/mol. The molecule has 1 aliphatic rings. The zero-order valence-electron chi connectivity index (χ0n) is 14.3. The van der Waals surface area contributed by atoms with Crippen molar-refractivity contribution >= 4 is 5.91 Å². The fraction of sp³-hybridized carbons (Fsp3) is 0.500. The lowest BCUT2D eigenvalue weighted by molar-refractivity contribution is -0.123. The van der Waals surface area contributed by atoms with Crippen LogP contribution in [0.25, 0.3) is 0 Å². The minimum atomic E-state index is -0.539. The van der Waals surface area contributed by atoms with E-state index in [2.05, 4.69) is 20.2 Å². The van der Waals surface area contributed by atoms with Crippen molar-refractivity contribution in [1.29, 1.82) is 0 Å². The number of aromatic nitrogens is 3. The van der Waals surface area contributed by atoms with Crippen LogP contribution >= 0.6 is 0 Å². The van der Waals surface area contributed by atoms with Crippen LogP contribution in [0.4, 0.5) is 0 Å². The molecule has 1 amide bonds. The van der Waals surface area contributed by atoms with E-state index in [1.807, 2.05) is 29.1 Å². The summed E-state index contributed by atoms with van der Waals surface area (Å²) in [6, 6.07) is 3.79. The number of hydrogen-bond donors (Lipinski definition) is 2. The number of likely N-dealkylation sites (tertiary alicyclic amines) is 1. The zero-order valence-corrected chi connectivity index (χ0v) is 14.3. The van der Waals surface area contributed by atoms with E-state index in [1.165, 1.54) is 0 Å². The first-order valence-corrected chi connectivity index (χ1v) is 8.75. The molecule has 0 aromatic carbocycles.